The summed E-state index contributed by atoms with van der Waals surface area (Å²) in [5, 5.41) is 3.31. The zero-order valence-electron chi connectivity index (χ0n) is 5.90. The van der Waals surface area contributed by atoms with E-state index in [4.69, 9.17) is 0 Å². The Balaban J connectivity index is 2.74. The zero-order valence-corrected chi connectivity index (χ0v) is 8.06. The van der Waals surface area contributed by atoms with Crippen molar-refractivity contribution < 1.29 is 0 Å². The molecule has 1 atom stereocenters. The Labute approximate surface area is 69.4 Å². The first-order valence-electron chi connectivity index (χ1n) is 2.94. The third-order valence-electron chi connectivity index (χ3n) is 1.75. The van der Waals surface area contributed by atoms with Gasteiger partial charge in [-0.3, -0.25) is 0 Å². The lowest BCUT2D eigenvalue weighted by Gasteiger charge is -2.16. The number of allylic oxidation sites excluding steroid dienone is 2. The van der Waals surface area contributed by atoms with Crippen molar-refractivity contribution in [2.45, 2.75) is 18.0 Å². The Hall–Kier alpha value is 0.0700. The van der Waals surface area contributed by atoms with Crippen LogP contribution in [0.3, 0.4) is 0 Å². The Morgan fingerprint density at radius 2 is 2.11 bits per heavy atom. The minimum Gasteiger partial charge on any atom is -0.359 e. The van der Waals surface area contributed by atoms with Crippen molar-refractivity contribution in [2.75, 3.05) is 7.05 Å². The molecule has 2 nitrogen and oxygen atoms in total. The third kappa shape index (κ3) is 1.15. The van der Waals surface area contributed by atoms with Crippen molar-refractivity contribution in [3.8, 4) is 0 Å². The fraction of sp³-hybridized carbons (Fsp3) is 0.667. The van der Waals surface area contributed by atoms with Gasteiger partial charge in [0.15, 0.2) is 4.17 Å². The van der Waals surface area contributed by atoms with Crippen molar-refractivity contribution in [2.24, 2.45) is 0 Å². The lowest BCUT2D eigenvalue weighted by Crippen LogP contribution is -2.27. The molecule has 0 saturated heterocycles. The maximum atomic E-state index is 3.31. The van der Waals surface area contributed by atoms with E-state index in [0.29, 0.717) is 4.17 Å². The predicted molar refractivity (Wildman–Crippen MR) is 47.1 cm³/mol. The molecule has 0 bridgehead atoms. The van der Waals surface area contributed by atoms with Gasteiger partial charge in [0.1, 0.15) is 0 Å². The van der Waals surface area contributed by atoms with Gasteiger partial charge in [-0.1, -0.05) is 0 Å². The van der Waals surface area contributed by atoms with Crippen LogP contribution in [0.1, 0.15) is 13.8 Å². The molecule has 0 amide bonds. The molecule has 3 heteroatoms. The van der Waals surface area contributed by atoms with Gasteiger partial charge in [0.25, 0.3) is 0 Å². The van der Waals surface area contributed by atoms with E-state index in [0.717, 1.165) is 0 Å². The van der Waals surface area contributed by atoms with E-state index in [1.165, 1.54) is 11.4 Å². The molecule has 0 saturated carbocycles. The highest BCUT2D eigenvalue weighted by Crippen LogP contribution is 2.20. The molecule has 0 aromatic rings. The fourth-order valence-corrected chi connectivity index (χ4v) is 1.70. The minimum absolute atomic E-state index is 0.447. The van der Waals surface area contributed by atoms with Crippen molar-refractivity contribution in [1.29, 1.82) is 0 Å². The number of hydrogen-bond donors (Lipinski definition) is 1. The minimum atomic E-state index is 0.447. The van der Waals surface area contributed by atoms with Crippen LogP contribution in [-0.2, 0) is 0 Å². The first kappa shape index (κ1) is 7.18. The SMILES string of the molecule is CC1=C(C)N(C)C(I)N1. The summed E-state index contributed by atoms with van der Waals surface area (Å²) in [6.07, 6.45) is 0. The summed E-state index contributed by atoms with van der Waals surface area (Å²) in [4.78, 5) is 2.22. The van der Waals surface area contributed by atoms with Crippen LogP contribution in [0.4, 0.5) is 0 Å². The zero-order chi connectivity index (χ0) is 7.02. The largest absolute Gasteiger partial charge is 0.359 e. The Kier molecular flexibility index (Phi) is 1.88. The number of hydrogen-bond acceptors (Lipinski definition) is 2. The quantitative estimate of drug-likeness (QED) is 0.390. The number of rotatable bonds is 0. The Bertz CT molecular complexity index is 153. The molecule has 0 aromatic carbocycles. The predicted octanol–water partition coefficient (Wildman–Crippen LogP) is 1.49. The highest BCUT2D eigenvalue weighted by Gasteiger charge is 2.19. The van der Waals surface area contributed by atoms with Crippen molar-refractivity contribution in [3.05, 3.63) is 11.4 Å². The van der Waals surface area contributed by atoms with Crippen LogP contribution >= 0.6 is 22.6 Å². The van der Waals surface area contributed by atoms with Crippen molar-refractivity contribution >= 4 is 22.6 Å². The molecule has 0 aliphatic carbocycles. The molecule has 0 fully saturated rings. The van der Waals surface area contributed by atoms with Gasteiger partial charge >= 0.3 is 0 Å². The van der Waals surface area contributed by atoms with E-state index >= 15 is 0 Å². The molecule has 1 N–H and O–H groups in total. The van der Waals surface area contributed by atoms with Crippen molar-refractivity contribution in [1.82, 2.24) is 10.2 Å². The van der Waals surface area contributed by atoms with Crippen LogP contribution in [0.15, 0.2) is 11.4 Å². The summed E-state index contributed by atoms with van der Waals surface area (Å²) in [7, 11) is 2.09. The molecule has 0 radical (unpaired) electrons. The molecule has 1 heterocycles. The summed E-state index contributed by atoms with van der Waals surface area (Å²) in [6.45, 7) is 4.23. The maximum absolute atomic E-state index is 3.31. The lowest BCUT2D eigenvalue weighted by molar-refractivity contribution is 0.423. The van der Waals surface area contributed by atoms with E-state index in [1.54, 1.807) is 0 Å². The van der Waals surface area contributed by atoms with Gasteiger partial charge < -0.3 is 10.2 Å². The number of nitrogens with zero attached hydrogens (tertiary/aromatic N) is 1. The van der Waals surface area contributed by atoms with E-state index < -0.39 is 0 Å². The molecule has 1 aliphatic heterocycles. The van der Waals surface area contributed by atoms with E-state index in [9.17, 15) is 0 Å². The second-order valence-electron chi connectivity index (χ2n) is 2.30. The first-order valence-corrected chi connectivity index (χ1v) is 4.18. The highest BCUT2D eigenvalue weighted by molar-refractivity contribution is 14.1. The summed E-state index contributed by atoms with van der Waals surface area (Å²) in [6, 6.07) is 0. The van der Waals surface area contributed by atoms with Gasteiger partial charge in [0, 0.05) is 18.4 Å². The normalized spacial score (nSPS) is 27.1. The Morgan fingerprint density at radius 3 is 2.22 bits per heavy atom. The number of halogens is 1. The molecular formula is C6H11IN2. The van der Waals surface area contributed by atoms with Crippen LogP contribution in [-0.4, -0.2) is 16.1 Å². The van der Waals surface area contributed by atoms with E-state index in [-0.39, 0.29) is 0 Å². The lowest BCUT2D eigenvalue weighted by atomic mass is 10.4. The van der Waals surface area contributed by atoms with Crippen LogP contribution in [0.2, 0.25) is 0 Å². The average molecular weight is 238 g/mol. The van der Waals surface area contributed by atoms with Gasteiger partial charge in [-0.2, -0.15) is 0 Å². The van der Waals surface area contributed by atoms with Crippen LogP contribution in [0.25, 0.3) is 0 Å². The second kappa shape index (κ2) is 2.36. The molecule has 1 aliphatic rings. The third-order valence-corrected chi connectivity index (χ3v) is 2.89. The summed E-state index contributed by atoms with van der Waals surface area (Å²) in [5.74, 6) is 0. The standard InChI is InChI=1S/C6H11IN2/c1-4-5(2)9(3)6(7)8-4/h6,8H,1-3H3. The van der Waals surface area contributed by atoms with Crippen LogP contribution in [0, 0.1) is 0 Å². The van der Waals surface area contributed by atoms with Gasteiger partial charge in [-0.15, -0.1) is 0 Å². The van der Waals surface area contributed by atoms with E-state index in [1.807, 2.05) is 0 Å². The highest BCUT2D eigenvalue weighted by atomic mass is 127. The topological polar surface area (TPSA) is 15.3 Å². The molecule has 0 spiro atoms. The molecular weight excluding hydrogens is 227 g/mol. The number of nitrogens with one attached hydrogen (secondary N) is 1. The average Bonchev–Trinajstić information content (AvgIpc) is 1.98. The smallest absolute Gasteiger partial charge is 0.152 e. The maximum Gasteiger partial charge on any atom is 0.152 e. The fourth-order valence-electron chi connectivity index (χ4n) is 0.814. The van der Waals surface area contributed by atoms with Crippen LogP contribution in [0.5, 0.6) is 0 Å². The summed E-state index contributed by atoms with van der Waals surface area (Å²) in [5.41, 5.74) is 2.63. The molecule has 1 unspecified atom stereocenters. The van der Waals surface area contributed by atoms with Crippen LogP contribution < -0.4 is 5.32 Å². The van der Waals surface area contributed by atoms with Gasteiger partial charge in [0.2, 0.25) is 0 Å². The second-order valence-corrected chi connectivity index (χ2v) is 3.48. The summed E-state index contributed by atoms with van der Waals surface area (Å²) < 4.78 is 0.447. The molecule has 9 heavy (non-hydrogen) atoms. The molecule has 1 rings (SSSR count). The van der Waals surface area contributed by atoms with Crippen molar-refractivity contribution in [3.63, 3.8) is 0 Å². The monoisotopic (exact) mass is 238 g/mol. The summed E-state index contributed by atoms with van der Waals surface area (Å²) >= 11 is 2.36. The van der Waals surface area contributed by atoms with E-state index in [2.05, 4.69) is 53.7 Å². The Morgan fingerprint density at radius 1 is 1.56 bits per heavy atom. The van der Waals surface area contributed by atoms with Gasteiger partial charge in [-0.05, 0) is 36.4 Å². The van der Waals surface area contributed by atoms with Gasteiger partial charge in [0.05, 0.1) is 0 Å². The molecule has 0 aromatic heterocycles. The molecule has 52 valence electrons. The van der Waals surface area contributed by atoms with Gasteiger partial charge in [-0.25, -0.2) is 0 Å². The first-order chi connectivity index (χ1) is 4.13. The number of alkyl halides is 1.